The predicted octanol–water partition coefficient (Wildman–Crippen LogP) is 0.760. The molecule has 1 aliphatic heterocycles. The Bertz CT molecular complexity index is 51.7. The van der Waals surface area contributed by atoms with Crippen LogP contribution in [0.4, 0.5) is 0 Å². The van der Waals surface area contributed by atoms with E-state index in [0.29, 0.717) is 13.2 Å². The zero-order valence-corrected chi connectivity index (χ0v) is 4.52. The Labute approximate surface area is 47.4 Å². The van der Waals surface area contributed by atoms with Crippen LogP contribution in [0.1, 0.15) is 0 Å². The van der Waals surface area contributed by atoms with E-state index in [1.165, 1.54) is 6.61 Å². The van der Waals surface area contributed by atoms with Crippen LogP contribution in [0.2, 0.25) is 0 Å². The Morgan fingerprint density at radius 2 is 2.43 bits per heavy atom. The van der Waals surface area contributed by atoms with Gasteiger partial charge < -0.3 is 9.47 Å². The fourth-order valence-electron chi connectivity index (χ4n) is 0.392. The van der Waals surface area contributed by atoms with Gasteiger partial charge in [-0.1, -0.05) is 11.6 Å². The number of halogens is 1. The van der Waals surface area contributed by atoms with E-state index in [1.807, 2.05) is 0 Å². The number of alkyl halides is 1. The third-order valence-electron chi connectivity index (χ3n) is 0.681. The highest BCUT2D eigenvalue weighted by atomic mass is 35.5. The first-order valence-electron chi connectivity index (χ1n) is 2.10. The molecule has 41 valence electrons. The van der Waals surface area contributed by atoms with Gasteiger partial charge in [-0.15, -0.1) is 0 Å². The average molecular weight is 122 g/mol. The van der Waals surface area contributed by atoms with Gasteiger partial charge in [-0.25, -0.2) is 0 Å². The Morgan fingerprint density at radius 3 is 2.71 bits per heavy atom. The average Bonchev–Trinajstić information content (AvgIpc) is 1.69. The highest BCUT2D eigenvalue weighted by Gasteiger charge is 2.09. The SMILES string of the molecule is ClC1[CH]OCCO1. The van der Waals surface area contributed by atoms with Gasteiger partial charge in [-0.2, -0.15) is 0 Å². The van der Waals surface area contributed by atoms with Crippen molar-refractivity contribution >= 4 is 11.6 Å². The summed E-state index contributed by atoms with van der Waals surface area (Å²) in [5, 5.41) is 0. The summed E-state index contributed by atoms with van der Waals surface area (Å²) in [6, 6.07) is 0. The van der Waals surface area contributed by atoms with Gasteiger partial charge in [-0.05, 0) is 0 Å². The van der Waals surface area contributed by atoms with Crippen molar-refractivity contribution in [2.45, 2.75) is 5.56 Å². The first-order valence-corrected chi connectivity index (χ1v) is 2.54. The summed E-state index contributed by atoms with van der Waals surface area (Å²) in [4.78, 5) is 0. The van der Waals surface area contributed by atoms with Gasteiger partial charge in [0.25, 0.3) is 0 Å². The van der Waals surface area contributed by atoms with Crippen molar-refractivity contribution in [2.75, 3.05) is 13.2 Å². The predicted molar refractivity (Wildman–Crippen MR) is 25.8 cm³/mol. The molecule has 0 aliphatic carbocycles. The minimum absolute atomic E-state index is 0.339. The zero-order valence-electron chi connectivity index (χ0n) is 3.76. The third kappa shape index (κ3) is 1.63. The van der Waals surface area contributed by atoms with Gasteiger partial charge in [0.15, 0.2) is 5.56 Å². The first-order chi connectivity index (χ1) is 3.39. The van der Waals surface area contributed by atoms with Crippen molar-refractivity contribution in [3.63, 3.8) is 0 Å². The van der Waals surface area contributed by atoms with E-state index in [0.717, 1.165) is 0 Å². The molecule has 0 amide bonds. The van der Waals surface area contributed by atoms with E-state index in [4.69, 9.17) is 21.1 Å². The smallest absolute Gasteiger partial charge is 0.159 e. The van der Waals surface area contributed by atoms with E-state index in [2.05, 4.69) is 0 Å². The van der Waals surface area contributed by atoms with Crippen LogP contribution in [0, 0.1) is 6.61 Å². The van der Waals surface area contributed by atoms with Crippen molar-refractivity contribution in [3.8, 4) is 0 Å². The molecule has 0 saturated carbocycles. The molecule has 1 atom stereocenters. The first kappa shape index (κ1) is 5.35. The maximum atomic E-state index is 5.41. The highest BCUT2D eigenvalue weighted by molar-refractivity contribution is 6.20. The fraction of sp³-hybridized carbons (Fsp3) is 0.750. The molecule has 1 aliphatic rings. The molecule has 1 fully saturated rings. The van der Waals surface area contributed by atoms with Crippen LogP contribution >= 0.6 is 11.6 Å². The van der Waals surface area contributed by atoms with Crippen LogP contribution in [0.15, 0.2) is 0 Å². The lowest BCUT2D eigenvalue weighted by molar-refractivity contribution is -0.0138. The van der Waals surface area contributed by atoms with Gasteiger partial charge in [-0.3, -0.25) is 0 Å². The van der Waals surface area contributed by atoms with Crippen LogP contribution in [0.3, 0.4) is 0 Å². The summed E-state index contributed by atoms with van der Waals surface area (Å²) in [6.45, 7) is 2.71. The molecule has 1 heterocycles. The van der Waals surface area contributed by atoms with E-state index in [1.54, 1.807) is 0 Å². The summed E-state index contributed by atoms with van der Waals surface area (Å²) in [6.07, 6.45) is 0. The Hall–Kier alpha value is 0.210. The van der Waals surface area contributed by atoms with Gasteiger partial charge in [0.05, 0.1) is 13.2 Å². The molecule has 0 aromatic heterocycles. The monoisotopic (exact) mass is 121 g/mol. The van der Waals surface area contributed by atoms with Crippen molar-refractivity contribution < 1.29 is 9.47 Å². The molecule has 1 radical (unpaired) electrons. The summed E-state index contributed by atoms with van der Waals surface area (Å²) in [5.74, 6) is 0. The number of hydrogen-bond donors (Lipinski definition) is 0. The maximum absolute atomic E-state index is 5.41. The quantitative estimate of drug-likeness (QED) is 0.441. The summed E-state index contributed by atoms with van der Waals surface area (Å²) in [7, 11) is 0. The summed E-state index contributed by atoms with van der Waals surface area (Å²) < 4.78 is 9.66. The molecule has 1 unspecified atom stereocenters. The molecule has 0 bridgehead atoms. The lowest BCUT2D eigenvalue weighted by atomic mass is 10.6. The standard InChI is InChI=1S/C4H6ClO2/c5-4-3-6-1-2-7-4/h3-4H,1-2H2. The fourth-order valence-corrected chi connectivity index (χ4v) is 0.554. The van der Waals surface area contributed by atoms with E-state index < -0.39 is 0 Å². The molecule has 1 saturated heterocycles. The van der Waals surface area contributed by atoms with E-state index in [9.17, 15) is 0 Å². The number of ether oxygens (including phenoxy) is 2. The Kier molecular flexibility index (Phi) is 1.91. The Balaban J connectivity index is 2.12. The molecule has 0 aromatic rings. The number of hydrogen-bond acceptors (Lipinski definition) is 2. The molecule has 3 heteroatoms. The minimum atomic E-state index is -0.339. The Morgan fingerprint density at radius 1 is 1.57 bits per heavy atom. The number of rotatable bonds is 0. The second-order valence-corrected chi connectivity index (χ2v) is 1.66. The van der Waals surface area contributed by atoms with Gasteiger partial charge >= 0.3 is 0 Å². The van der Waals surface area contributed by atoms with Crippen molar-refractivity contribution in [1.29, 1.82) is 0 Å². The molecule has 1 rings (SSSR count). The van der Waals surface area contributed by atoms with Crippen LogP contribution in [0.5, 0.6) is 0 Å². The highest BCUT2D eigenvalue weighted by Crippen LogP contribution is 2.07. The van der Waals surface area contributed by atoms with Gasteiger partial charge in [0.1, 0.15) is 6.61 Å². The molecular weight excluding hydrogens is 115 g/mol. The summed E-state index contributed by atoms with van der Waals surface area (Å²) >= 11 is 5.41. The van der Waals surface area contributed by atoms with Crippen molar-refractivity contribution in [3.05, 3.63) is 6.61 Å². The second-order valence-electron chi connectivity index (χ2n) is 1.23. The minimum Gasteiger partial charge on any atom is -0.369 e. The van der Waals surface area contributed by atoms with Crippen LogP contribution in [0.25, 0.3) is 0 Å². The van der Waals surface area contributed by atoms with Crippen LogP contribution in [-0.4, -0.2) is 18.8 Å². The zero-order chi connectivity index (χ0) is 5.11. The second kappa shape index (κ2) is 2.50. The molecule has 2 nitrogen and oxygen atoms in total. The van der Waals surface area contributed by atoms with Crippen molar-refractivity contribution in [2.24, 2.45) is 0 Å². The van der Waals surface area contributed by atoms with Gasteiger partial charge in [0, 0.05) is 0 Å². The lowest BCUT2D eigenvalue weighted by Gasteiger charge is -2.15. The molecule has 0 spiro atoms. The largest absolute Gasteiger partial charge is 0.369 e. The third-order valence-corrected chi connectivity index (χ3v) is 0.910. The van der Waals surface area contributed by atoms with Crippen LogP contribution in [-0.2, 0) is 9.47 Å². The van der Waals surface area contributed by atoms with E-state index in [-0.39, 0.29) is 5.56 Å². The maximum Gasteiger partial charge on any atom is 0.159 e. The van der Waals surface area contributed by atoms with Gasteiger partial charge in [0.2, 0.25) is 0 Å². The molecule has 7 heavy (non-hydrogen) atoms. The summed E-state index contributed by atoms with van der Waals surface area (Å²) in [5.41, 5.74) is -0.339. The lowest BCUT2D eigenvalue weighted by Crippen LogP contribution is -2.19. The normalized spacial score (nSPS) is 33.0. The van der Waals surface area contributed by atoms with Crippen molar-refractivity contribution in [1.82, 2.24) is 0 Å². The topological polar surface area (TPSA) is 18.5 Å². The molecule has 0 aromatic carbocycles. The van der Waals surface area contributed by atoms with Crippen LogP contribution < -0.4 is 0 Å². The molecule has 0 N–H and O–H groups in total. The van der Waals surface area contributed by atoms with E-state index >= 15 is 0 Å². The molecular formula is C4H6ClO2.